The number of benzene rings is 2. The Bertz CT molecular complexity index is 851. The zero-order valence-electron chi connectivity index (χ0n) is 14.3. The largest absolute Gasteiger partial charge is 0.535 e. The van der Waals surface area contributed by atoms with Gasteiger partial charge in [-0.25, -0.2) is 0 Å². The molecule has 0 aromatic heterocycles. The molecular weight excluding hydrogens is 340 g/mol. The molecule has 0 aliphatic carbocycles. The van der Waals surface area contributed by atoms with Crippen LogP contribution in [-0.4, -0.2) is 24.1 Å². The first-order chi connectivity index (χ1) is 12.3. The van der Waals surface area contributed by atoms with Crippen molar-refractivity contribution in [2.75, 3.05) is 0 Å². The quantitative estimate of drug-likeness (QED) is 0.859. The van der Waals surface area contributed by atoms with Gasteiger partial charge in [0, 0.05) is 0 Å². The fraction of sp³-hybridized carbons (Fsp3) is 0.158. The first kappa shape index (κ1) is 18.0. The van der Waals surface area contributed by atoms with Gasteiger partial charge in [-0.1, -0.05) is 60.7 Å². The number of ketones is 1. The predicted molar refractivity (Wildman–Crippen MR) is 97.9 cm³/mol. The zero-order valence-corrected chi connectivity index (χ0v) is 14.3. The molecule has 3 rings (SSSR count). The van der Waals surface area contributed by atoms with Gasteiger partial charge < -0.3 is 10.1 Å². The highest BCUT2D eigenvalue weighted by Gasteiger charge is 2.44. The molecule has 0 saturated carbocycles. The van der Waals surface area contributed by atoms with Crippen LogP contribution in [0.5, 0.6) is 0 Å². The number of rotatable bonds is 3. The summed E-state index contributed by atoms with van der Waals surface area (Å²) in [6, 6.07) is 17.6. The number of carbonyl (C=O) groups is 1. The van der Waals surface area contributed by atoms with Gasteiger partial charge >= 0.3 is 6.18 Å². The molecule has 7 heteroatoms. The summed E-state index contributed by atoms with van der Waals surface area (Å²) in [6.45, 7) is 2.60. The number of carbonyl (C=O) groups excluding carboxylic acids is 1. The van der Waals surface area contributed by atoms with Crippen LogP contribution in [0.1, 0.15) is 13.8 Å². The van der Waals surface area contributed by atoms with Gasteiger partial charge in [-0.2, -0.15) is 24.1 Å². The third-order valence-electron chi connectivity index (χ3n) is 4.54. The highest BCUT2D eigenvalue weighted by atomic mass is 19.4. The van der Waals surface area contributed by atoms with Gasteiger partial charge in [-0.3, -0.25) is 4.79 Å². The second-order valence-corrected chi connectivity index (χ2v) is 6.32. The highest BCUT2D eigenvalue weighted by molar-refractivity contribution is 7.00. The summed E-state index contributed by atoms with van der Waals surface area (Å²) in [5, 5.41) is 3.13. The Labute approximate surface area is 149 Å². The second kappa shape index (κ2) is 6.48. The smallest absolute Gasteiger partial charge is 0.429 e. The standard InChI is InChI=1S/C19H17BF3N2O/c1-13-17(14(2)26)18(19(21,22)23)25-20(24-13,15-9-5-3-6-10-15)16-11-7-4-8-12-16/h3-12,24H,1-2H3/q-1. The van der Waals surface area contributed by atoms with Crippen LogP contribution in [0.3, 0.4) is 0 Å². The van der Waals surface area contributed by atoms with Crippen molar-refractivity contribution in [3.63, 3.8) is 0 Å². The van der Waals surface area contributed by atoms with Crippen molar-refractivity contribution in [3.05, 3.63) is 71.9 Å². The van der Waals surface area contributed by atoms with Crippen LogP contribution in [-0.2, 0) is 4.79 Å². The monoisotopic (exact) mass is 357 g/mol. The van der Waals surface area contributed by atoms with Gasteiger partial charge in [0.2, 0.25) is 0 Å². The Morgan fingerprint density at radius 3 is 1.81 bits per heavy atom. The molecule has 2 aromatic rings. The summed E-state index contributed by atoms with van der Waals surface area (Å²) in [6.07, 6.45) is -7.05. The number of hydrogen-bond donors (Lipinski definition) is 1. The lowest BCUT2D eigenvalue weighted by Crippen LogP contribution is -2.70. The number of hydrogen-bond acceptors (Lipinski definition) is 3. The van der Waals surface area contributed by atoms with Crippen molar-refractivity contribution in [1.29, 1.82) is 0 Å². The fourth-order valence-electron chi connectivity index (χ4n) is 3.47. The number of allylic oxidation sites excluding steroid dienone is 2. The van der Waals surface area contributed by atoms with Crippen molar-refractivity contribution in [2.24, 2.45) is 4.90 Å². The number of halogens is 3. The fourth-order valence-corrected chi connectivity index (χ4v) is 3.47. The number of nitrogens with zero attached hydrogens (tertiary/aromatic N) is 1. The topological polar surface area (TPSA) is 41.5 Å². The molecule has 0 radical (unpaired) electrons. The van der Waals surface area contributed by atoms with Crippen molar-refractivity contribution in [3.8, 4) is 0 Å². The van der Waals surface area contributed by atoms with Gasteiger partial charge in [0.25, 0.3) is 6.42 Å². The van der Waals surface area contributed by atoms with Gasteiger partial charge in [0.1, 0.15) is 5.71 Å². The van der Waals surface area contributed by atoms with Crippen LogP contribution in [0.4, 0.5) is 13.2 Å². The summed E-state index contributed by atoms with van der Waals surface area (Å²) >= 11 is 0. The highest BCUT2D eigenvalue weighted by Crippen LogP contribution is 2.29. The normalized spacial score (nSPS) is 16.7. The summed E-state index contributed by atoms with van der Waals surface area (Å²) in [7, 11) is 0. The van der Waals surface area contributed by atoms with Crippen LogP contribution in [0.25, 0.3) is 0 Å². The average molecular weight is 357 g/mol. The van der Waals surface area contributed by atoms with Gasteiger partial charge in [-0.15, -0.1) is 0 Å². The van der Waals surface area contributed by atoms with E-state index >= 15 is 0 Å². The molecule has 0 fully saturated rings. The van der Waals surface area contributed by atoms with Crippen molar-refractivity contribution >= 4 is 28.8 Å². The van der Waals surface area contributed by atoms with Crippen molar-refractivity contribution in [1.82, 2.24) is 5.23 Å². The predicted octanol–water partition coefficient (Wildman–Crippen LogP) is 2.71. The van der Waals surface area contributed by atoms with Crippen molar-refractivity contribution < 1.29 is 18.0 Å². The molecule has 1 aliphatic heterocycles. The summed E-state index contributed by atoms with van der Waals surface area (Å²) < 4.78 is 41.3. The van der Waals surface area contributed by atoms with E-state index in [9.17, 15) is 18.0 Å². The Hall–Kier alpha value is -2.83. The Morgan fingerprint density at radius 2 is 1.42 bits per heavy atom. The first-order valence-corrected chi connectivity index (χ1v) is 8.19. The van der Waals surface area contributed by atoms with E-state index in [0.29, 0.717) is 10.9 Å². The first-order valence-electron chi connectivity index (χ1n) is 8.19. The molecule has 1 N–H and O–H groups in total. The lowest BCUT2D eigenvalue weighted by molar-refractivity contribution is -0.113. The van der Waals surface area contributed by atoms with Gasteiger partial charge in [0.15, 0.2) is 5.78 Å². The van der Waals surface area contributed by atoms with Gasteiger partial charge in [0.05, 0.1) is 5.57 Å². The van der Waals surface area contributed by atoms with E-state index in [1.807, 2.05) is 0 Å². The Kier molecular flexibility index (Phi) is 4.48. The lowest BCUT2D eigenvalue weighted by atomic mass is 9.37. The number of nitrogens with one attached hydrogen (secondary N) is 1. The minimum atomic E-state index is -4.74. The third kappa shape index (κ3) is 3.05. The maximum Gasteiger partial charge on any atom is 0.429 e. The van der Waals surface area contributed by atoms with Crippen LogP contribution >= 0.6 is 0 Å². The van der Waals surface area contributed by atoms with Crippen LogP contribution in [0.15, 0.2) is 76.8 Å². The molecule has 3 nitrogen and oxygen atoms in total. The third-order valence-corrected chi connectivity index (χ3v) is 4.54. The van der Waals surface area contributed by atoms with E-state index in [1.165, 1.54) is 6.92 Å². The Morgan fingerprint density at radius 1 is 0.962 bits per heavy atom. The molecular formula is C19H17BF3N2O-. The zero-order chi connectivity index (χ0) is 18.9. The average Bonchev–Trinajstić information content (AvgIpc) is 2.61. The van der Waals surface area contributed by atoms with Crippen molar-refractivity contribution in [2.45, 2.75) is 20.0 Å². The molecule has 0 bridgehead atoms. The molecule has 1 heterocycles. The summed E-state index contributed by atoms with van der Waals surface area (Å²) in [5.74, 6) is -0.670. The van der Waals surface area contributed by atoms with E-state index < -0.39 is 29.7 Å². The minimum Gasteiger partial charge on any atom is -0.535 e. The van der Waals surface area contributed by atoms with Gasteiger partial charge in [-0.05, 0) is 19.5 Å². The summed E-state index contributed by atoms with van der Waals surface area (Å²) in [5.41, 5.74) is -0.145. The van der Waals surface area contributed by atoms with E-state index in [2.05, 4.69) is 10.1 Å². The minimum absolute atomic E-state index is 0.174. The second-order valence-electron chi connectivity index (χ2n) is 6.32. The maximum atomic E-state index is 13.8. The molecule has 0 spiro atoms. The van der Waals surface area contributed by atoms with E-state index in [4.69, 9.17) is 0 Å². The molecule has 0 saturated heterocycles. The number of alkyl halides is 3. The number of Topliss-reactive ketones (excluding diaryl/α,β-unsaturated/α-hetero) is 1. The molecule has 0 amide bonds. The Balaban J connectivity index is 2.34. The molecule has 134 valence electrons. The molecule has 1 aliphatic rings. The molecule has 26 heavy (non-hydrogen) atoms. The van der Waals surface area contributed by atoms with Crippen LogP contribution < -0.4 is 16.2 Å². The summed E-state index contributed by atoms with van der Waals surface area (Å²) in [4.78, 5) is 16.0. The van der Waals surface area contributed by atoms with Crippen LogP contribution in [0, 0.1) is 0 Å². The van der Waals surface area contributed by atoms with E-state index in [-0.39, 0.29) is 5.70 Å². The lowest BCUT2D eigenvalue weighted by Gasteiger charge is -2.45. The molecule has 0 unspecified atom stereocenters. The van der Waals surface area contributed by atoms with E-state index in [0.717, 1.165) is 6.92 Å². The maximum absolute atomic E-state index is 13.8. The molecule has 2 aromatic carbocycles. The van der Waals surface area contributed by atoms with Crippen LogP contribution in [0.2, 0.25) is 0 Å². The SMILES string of the molecule is CC(=O)C1=C(C)N[B-](c2ccccc2)(c2ccccc2)N=C1C(F)(F)F. The molecule has 0 atom stereocenters. The van der Waals surface area contributed by atoms with E-state index in [1.54, 1.807) is 60.7 Å².